The lowest BCUT2D eigenvalue weighted by atomic mass is 10.4. The molecule has 0 saturated heterocycles. The van der Waals surface area contributed by atoms with E-state index in [1.807, 2.05) is 0 Å². The van der Waals surface area contributed by atoms with Crippen LogP contribution in [0.15, 0.2) is 11.1 Å². The molecule has 0 unspecified atom stereocenters. The third kappa shape index (κ3) is 3.43. The molecule has 0 amide bonds. The van der Waals surface area contributed by atoms with Crippen LogP contribution in [0.25, 0.3) is 0 Å². The lowest BCUT2D eigenvalue weighted by Gasteiger charge is -2.23. The van der Waals surface area contributed by atoms with Crippen molar-refractivity contribution in [3.63, 3.8) is 0 Å². The van der Waals surface area contributed by atoms with Crippen molar-refractivity contribution in [2.24, 2.45) is 0 Å². The van der Waals surface area contributed by atoms with Crippen LogP contribution in [0.3, 0.4) is 0 Å². The van der Waals surface area contributed by atoms with Crippen LogP contribution in [-0.4, -0.2) is 55.6 Å². The number of rotatable bonds is 7. The highest BCUT2D eigenvalue weighted by atomic mass is 16.5. The quantitative estimate of drug-likeness (QED) is 0.653. The standard InChI is InChI=1S/C10H17N3O4/c1-16-6-4-13(3-5-14)9-8(17-2)10(15)12-7-11-9/h7,14H,3-6H2,1-2H3,(H,11,12,15). The first-order chi connectivity index (χ1) is 8.24. The average molecular weight is 243 g/mol. The molecule has 0 spiro atoms. The van der Waals surface area contributed by atoms with E-state index < -0.39 is 0 Å². The molecule has 1 heterocycles. The molecule has 0 aromatic carbocycles. The Hall–Kier alpha value is -1.60. The Bertz CT molecular complexity index is 393. The zero-order valence-electron chi connectivity index (χ0n) is 9.97. The van der Waals surface area contributed by atoms with Crippen LogP contribution in [0.5, 0.6) is 5.75 Å². The van der Waals surface area contributed by atoms with E-state index >= 15 is 0 Å². The first-order valence-electron chi connectivity index (χ1n) is 5.21. The summed E-state index contributed by atoms with van der Waals surface area (Å²) in [4.78, 5) is 19.7. The Balaban J connectivity index is 2.99. The number of aliphatic hydroxyl groups is 1. The molecular weight excluding hydrogens is 226 g/mol. The van der Waals surface area contributed by atoms with E-state index in [0.717, 1.165) is 0 Å². The fraction of sp³-hybridized carbons (Fsp3) is 0.600. The predicted molar refractivity (Wildman–Crippen MR) is 62.6 cm³/mol. The van der Waals surface area contributed by atoms with Gasteiger partial charge in [-0.05, 0) is 0 Å². The minimum atomic E-state index is -0.349. The first-order valence-corrected chi connectivity index (χ1v) is 5.21. The van der Waals surface area contributed by atoms with Gasteiger partial charge in [-0.1, -0.05) is 0 Å². The van der Waals surface area contributed by atoms with Crippen molar-refractivity contribution >= 4 is 5.82 Å². The van der Waals surface area contributed by atoms with Gasteiger partial charge in [-0.25, -0.2) is 4.98 Å². The molecule has 17 heavy (non-hydrogen) atoms. The van der Waals surface area contributed by atoms with Crippen molar-refractivity contribution in [2.45, 2.75) is 0 Å². The van der Waals surface area contributed by atoms with Gasteiger partial charge in [-0.2, -0.15) is 0 Å². The van der Waals surface area contributed by atoms with Crippen LogP contribution < -0.4 is 15.2 Å². The van der Waals surface area contributed by atoms with Crippen LogP contribution in [0.4, 0.5) is 5.82 Å². The zero-order chi connectivity index (χ0) is 12.7. The molecule has 0 saturated carbocycles. The molecule has 0 bridgehead atoms. The van der Waals surface area contributed by atoms with Crippen LogP contribution >= 0.6 is 0 Å². The molecule has 1 aromatic heterocycles. The highest BCUT2D eigenvalue weighted by Gasteiger charge is 2.15. The largest absolute Gasteiger partial charge is 0.489 e. The monoisotopic (exact) mass is 243 g/mol. The number of H-pyrrole nitrogens is 1. The molecule has 0 radical (unpaired) electrons. The predicted octanol–water partition coefficient (Wildman–Crippen LogP) is -0.776. The van der Waals surface area contributed by atoms with Crippen LogP contribution in [0.1, 0.15) is 0 Å². The Kier molecular flexibility index (Phi) is 5.44. The molecule has 2 N–H and O–H groups in total. The lowest BCUT2D eigenvalue weighted by molar-refractivity contribution is 0.202. The summed E-state index contributed by atoms with van der Waals surface area (Å²) in [5.74, 6) is 0.541. The summed E-state index contributed by atoms with van der Waals surface area (Å²) < 4.78 is 9.98. The number of anilines is 1. The Labute approximate surface area is 99.0 Å². The molecule has 96 valence electrons. The van der Waals surface area contributed by atoms with E-state index in [1.54, 1.807) is 12.0 Å². The number of aliphatic hydroxyl groups excluding tert-OH is 1. The van der Waals surface area contributed by atoms with E-state index in [0.29, 0.717) is 25.5 Å². The molecule has 0 aliphatic rings. The van der Waals surface area contributed by atoms with E-state index in [9.17, 15) is 4.79 Å². The number of hydrogen-bond donors (Lipinski definition) is 2. The van der Waals surface area contributed by atoms with Crippen molar-refractivity contribution < 1.29 is 14.6 Å². The van der Waals surface area contributed by atoms with Crippen molar-refractivity contribution in [3.8, 4) is 5.75 Å². The lowest BCUT2D eigenvalue weighted by Crippen LogP contribution is -2.32. The van der Waals surface area contributed by atoms with Crippen LogP contribution in [0.2, 0.25) is 0 Å². The normalized spacial score (nSPS) is 10.3. The molecule has 7 heteroatoms. The fourth-order valence-electron chi connectivity index (χ4n) is 1.43. The second kappa shape index (κ2) is 6.87. The Morgan fingerprint density at radius 3 is 2.82 bits per heavy atom. The highest BCUT2D eigenvalue weighted by molar-refractivity contribution is 5.50. The summed E-state index contributed by atoms with van der Waals surface area (Å²) in [6.07, 6.45) is 1.30. The number of nitrogens with one attached hydrogen (secondary N) is 1. The van der Waals surface area contributed by atoms with Crippen molar-refractivity contribution in [1.29, 1.82) is 0 Å². The molecule has 1 rings (SSSR count). The zero-order valence-corrected chi connectivity index (χ0v) is 9.97. The van der Waals surface area contributed by atoms with Gasteiger partial charge in [0.05, 0.1) is 26.7 Å². The van der Waals surface area contributed by atoms with Gasteiger partial charge >= 0.3 is 0 Å². The van der Waals surface area contributed by atoms with Gasteiger partial charge in [0.15, 0.2) is 5.82 Å². The Morgan fingerprint density at radius 1 is 1.47 bits per heavy atom. The number of aromatic amines is 1. The number of ether oxygens (including phenoxy) is 2. The SMILES string of the molecule is COCCN(CCO)c1nc[nH]c(=O)c1OC. The molecule has 0 atom stereocenters. The summed E-state index contributed by atoms with van der Waals surface area (Å²) in [5.41, 5.74) is -0.349. The van der Waals surface area contributed by atoms with Crippen molar-refractivity contribution in [3.05, 3.63) is 16.7 Å². The summed E-state index contributed by atoms with van der Waals surface area (Å²) in [7, 11) is 2.99. The smallest absolute Gasteiger partial charge is 0.295 e. The van der Waals surface area contributed by atoms with E-state index in [1.165, 1.54) is 13.4 Å². The third-order valence-electron chi connectivity index (χ3n) is 2.23. The van der Waals surface area contributed by atoms with Gasteiger partial charge in [0.2, 0.25) is 5.75 Å². The minimum absolute atomic E-state index is 0.0403. The first kappa shape index (κ1) is 13.5. The molecule has 0 aliphatic heterocycles. The van der Waals surface area contributed by atoms with Crippen LogP contribution in [-0.2, 0) is 4.74 Å². The maximum absolute atomic E-state index is 11.5. The van der Waals surface area contributed by atoms with E-state index in [2.05, 4.69) is 9.97 Å². The third-order valence-corrected chi connectivity index (χ3v) is 2.23. The summed E-state index contributed by atoms with van der Waals surface area (Å²) in [5, 5.41) is 8.99. The van der Waals surface area contributed by atoms with Gasteiger partial charge in [-0.15, -0.1) is 0 Å². The molecule has 7 nitrogen and oxygen atoms in total. The van der Waals surface area contributed by atoms with Crippen molar-refractivity contribution in [2.75, 3.05) is 45.4 Å². The number of aromatic nitrogens is 2. The number of methoxy groups -OCH3 is 2. The average Bonchev–Trinajstić information content (AvgIpc) is 2.34. The van der Waals surface area contributed by atoms with Gasteiger partial charge in [0.25, 0.3) is 5.56 Å². The van der Waals surface area contributed by atoms with Gasteiger partial charge < -0.3 is 24.5 Å². The molecule has 1 aromatic rings. The van der Waals surface area contributed by atoms with E-state index in [-0.39, 0.29) is 17.9 Å². The van der Waals surface area contributed by atoms with Gasteiger partial charge in [0, 0.05) is 20.2 Å². The topological polar surface area (TPSA) is 87.7 Å². The summed E-state index contributed by atoms with van der Waals surface area (Å²) >= 11 is 0. The summed E-state index contributed by atoms with van der Waals surface area (Å²) in [6.45, 7) is 1.30. The van der Waals surface area contributed by atoms with E-state index in [4.69, 9.17) is 14.6 Å². The van der Waals surface area contributed by atoms with Gasteiger partial charge in [-0.3, -0.25) is 4.79 Å². The second-order valence-electron chi connectivity index (χ2n) is 3.29. The fourth-order valence-corrected chi connectivity index (χ4v) is 1.43. The highest BCUT2D eigenvalue weighted by Crippen LogP contribution is 2.19. The molecular formula is C10H17N3O4. The number of nitrogens with zero attached hydrogens (tertiary/aromatic N) is 2. The maximum atomic E-state index is 11.5. The maximum Gasteiger partial charge on any atom is 0.295 e. The Morgan fingerprint density at radius 2 is 2.24 bits per heavy atom. The molecule has 0 aliphatic carbocycles. The molecule has 0 fully saturated rings. The number of hydrogen-bond acceptors (Lipinski definition) is 6. The van der Waals surface area contributed by atoms with Crippen LogP contribution in [0, 0.1) is 0 Å². The van der Waals surface area contributed by atoms with Gasteiger partial charge in [0.1, 0.15) is 0 Å². The minimum Gasteiger partial charge on any atom is -0.489 e. The van der Waals surface area contributed by atoms with Crippen molar-refractivity contribution in [1.82, 2.24) is 9.97 Å². The second-order valence-corrected chi connectivity index (χ2v) is 3.29. The summed E-state index contributed by atoms with van der Waals surface area (Å²) in [6, 6.07) is 0.